The van der Waals surface area contributed by atoms with Gasteiger partial charge in [0.15, 0.2) is 0 Å². The summed E-state index contributed by atoms with van der Waals surface area (Å²) in [5, 5.41) is 0. The second-order valence-electron chi connectivity index (χ2n) is 4.35. The molecule has 0 aliphatic carbocycles. The average molecular weight is 221 g/mol. The van der Waals surface area contributed by atoms with Crippen molar-refractivity contribution in [3.63, 3.8) is 0 Å². The van der Waals surface area contributed by atoms with E-state index in [1.807, 2.05) is 24.3 Å². The molecule has 16 heavy (non-hydrogen) atoms. The van der Waals surface area contributed by atoms with Crippen LogP contribution in [0.4, 0.5) is 5.69 Å². The third-order valence-electron chi connectivity index (χ3n) is 2.68. The zero-order valence-electron chi connectivity index (χ0n) is 10.4. The second-order valence-corrected chi connectivity index (χ2v) is 4.35. The number of unbranched alkanes of at least 4 members (excludes halogenated alkanes) is 3. The van der Waals surface area contributed by atoms with Gasteiger partial charge in [-0.05, 0) is 44.0 Å². The van der Waals surface area contributed by atoms with Crippen molar-refractivity contribution in [3.8, 4) is 5.75 Å². The molecular weight excluding hydrogens is 198 g/mol. The van der Waals surface area contributed by atoms with E-state index in [0.29, 0.717) is 6.10 Å². The molecule has 0 aromatic heterocycles. The van der Waals surface area contributed by atoms with E-state index < -0.39 is 0 Å². The molecule has 2 nitrogen and oxygen atoms in total. The lowest BCUT2D eigenvalue weighted by Gasteiger charge is -2.14. The molecule has 0 unspecified atom stereocenters. The minimum absolute atomic E-state index is 0.292. The van der Waals surface area contributed by atoms with Gasteiger partial charge in [0.05, 0.1) is 6.10 Å². The number of benzene rings is 1. The Labute approximate surface area is 98.8 Å². The first kappa shape index (κ1) is 12.9. The molecule has 1 aromatic carbocycles. The largest absolute Gasteiger partial charge is 0.491 e. The molecule has 1 rings (SSSR count). The molecule has 0 saturated carbocycles. The summed E-state index contributed by atoms with van der Waals surface area (Å²) in [7, 11) is 0. The summed E-state index contributed by atoms with van der Waals surface area (Å²) in [6, 6.07) is 7.61. The fourth-order valence-corrected chi connectivity index (χ4v) is 1.70. The Bertz CT molecular complexity index is 281. The van der Waals surface area contributed by atoms with Gasteiger partial charge in [-0.1, -0.05) is 26.2 Å². The van der Waals surface area contributed by atoms with Gasteiger partial charge in [0, 0.05) is 5.69 Å². The number of nitrogen functional groups attached to an aromatic ring is 1. The Hall–Kier alpha value is -1.18. The van der Waals surface area contributed by atoms with Crippen LogP contribution in [-0.2, 0) is 0 Å². The van der Waals surface area contributed by atoms with Crippen molar-refractivity contribution >= 4 is 5.69 Å². The fraction of sp³-hybridized carbons (Fsp3) is 0.571. The molecule has 1 aromatic rings. The van der Waals surface area contributed by atoms with Crippen LogP contribution in [0.5, 0.6) is 5.75 Å². The van der Waals surface area contributed by atoms with E-state index in [4.69, 9.17) is 10.5 Å². The highest BCUT2D eigenvalue weighted by atomic mass is 16.5. The molecule has 1 atom stereocenters. The third-order valence-corrected chi connectivity index (χ3v) is 2.68. The minimum Gasteiger partial charge on any atom is -0.491 e. The van der Waals surface area contributed by atoms with E-state index in [1.54, 1.807) is 0 Å². The summed E-state index contributed by atoms with van der Waals surface area (Å²) >= 11 is 0. The maximum atomic E-state index is 5.79. The molecule has 0 fully saturated rings. The molecule has 0 bridgehead atoms. The van der Waals surface area contributed by atoms with Gasteiger partial charge in [0.25, 0.3) is 0 Å². The Kier molecular flexibility index (Phi) is 5.76. The van der Waals surface area contributed by atoms with E-state index in [1.165, 1.54) is 25.7 Å². The van der Waals surface area contributed by atoms with Gasteiger partial charge in [-0.3, -0.25) is 0 Å². The molecule has 90 valence electrons. The highest BCUT2D eigenvalue weighted by molar-refractivity contribution is 5.41. The van der Waals surface area contributed by atoms with Crippen molar-refractivity contribution in [2.75, 3.05) is 5.73 Å². The highest BCUT2D eigenvalue weighted by Crippen LogP contribution is 2.17. The van der Waals surface area contributed by atoms with E-state index in [9.17, 15) is 0 Å². The van der Waals surface area contributed by atoms with Crippen LogP contribution in [0.2, 0.25) is 0 Å². The summed E-state index contributed by atoms with van der Waals surface area (Å²) in [6.07, 6.45) is 6.60. The maximum Gasteiger partial charge on any atom is 0.119 e. The quantitative estimate of drug-likeness (QED) is 0.558. The van der Waals surface area contributed by atoms with Crippen LogP contribution in [0, 0.1) is 0 Å². The lowest BCUT2D eigenvalue weighted by Crippen LogP contribution is -2.11. The fourth-order valence-electron chi connectivity index (χ4n) is 1.70. The van der Waals surface area contributed by atoms with Gasteiger partial charge in [-0.2, -0.15) is 0 Å². The van der Waals surface area contributed by atoms with Crippen LogP contribution in [0.25, 0.3) is 0 Å². The van der Waals surface area contributed by atoms with Crippen molar-refractivity contribution in [1.82, 2.24) is 0 Å². The maximum absolute atomic E-state index is 5.79. The predicted octanol–water partition coefficient (Wildman–Crippen LogP) is 4.01. The zero-order valence-corrected chi connectivity index (χ0v) is 10.4. The standard InChI is InChI=1S/C14H23NO/c1-3-4-5-6-7-12(2)16-14-10-8-13(15)9-11-14/h8-12H,3-7,15H2,1-2H3/t12-/m1/s1. The molecule has 0 radical (unpaired) electrons. The highest BCUT2D eigenvalue weighted by Gasteiger charge is 2.03. The van der Waals surface area contributed by atoms with Crippen LogP contribution >= 0.6 is 0 Å². The Morgan fingerprint density at radius 1 is 1.12 bits per heavy atom. The number of anilines is 1. The van der Waals surface area contributed by atoms with Crippen LogP contribution in [0.3, 0.4) is 0 Å². The van der Waals surface area contributed by atoms with Gasteiger partial charge in [-0.25, -0.2) is 0 Å². The molecule has 0 aliphatic rings. The number of nitrogens with two attached hydrogens (primary N) is 1. The Morgan fingerprint density at radius 3 is 2.44 bits per heavy atom. The number of hydrogen-bond acceptors (Lipinski definition) is 2. The average Bonchev–Trinajstić information content (AvgIpc) is 2.28. The van der Waals surface area contributed by atoms with Gasteiger partial charge in [0.2, 0.25) is 0 Å². The van der Waals surface area contributed by atoms with Crippen LogP contribution in [-0.4, -0.2) is 6.10 Å². The first-order valence-corrected chi connectivity index (χ1v) is 6.24. The number of ether oxygens (including phenoxy) is 1. The van der Waals surface area contributed by atoms with E-state index in [2.05, 4.69) is 13.8 Å². The van der Waals surface area contributed by atoms with Crippen molar-refractivity contribution in [3.05, 3.63) is 24.3 Å². The molecule has 0 saturated heterocycles. The van der Waals surface area contributed by atoms with Crippen LogP contribution in [0.1, 0.15) is 46.0 Å². The third kappa shape index (κ3) is 5.06. The monoisotopic (exact) mass is 221 g/mol. The number of hydrogen-bond donors (Lipinski definition) is 1. The van der Waals surface area contributed by atoms with E-state index in [-0.39, 0.29) is 0 Å². The minimum atomic E-state index is 0.292. The van der Waals surface area contributed by atoms with Gasteiger partial charge >= 0.3 is 0 Å². The van der Waals surface area contributed by atoms with Gasteiger partial charge in [-0.15, -0.1) is 0 Å². The molecule has 2 N–H and O–H groups in total. The van der Waals surface area contributed by atoms with Gasteiger partial charge in [0.1, 0.15) is 5.75 Å². The smallest absolute Gasteiger partial charge is 0.119 e. The van der Waals surface area contributed by atoms with Crippen LogP contribution < -0.4 is 10.5 Å². The number of rotatable bonds is 7. The first-order valence-electron chi connectivity index (χ1n) is 6.24. The summed E-state index contributed by atoms with van der Waals surface area (Å²) < 4.78 is 5.79. The molecule has 0 heterocycles. The lowest BCUT2D eigenvalue weighted by molar-refractivity contribution is 0.206. The molecular formula is C14H23NO. The van der Waals surface area contributed by atoms with Crippen molar-refractivity contribution < 1.29 is 4.74 Å². The van der Waals surface area contributed by atoms with Crippen molar-refractivity contribution in [1.29, 1.82) is 0 Å². The predicted molar refractivity (Wildman–Crippen MR) is 69.7 cm³/mol. The topological polar surface area (TPSA) is 35.2 Å². The van der Waals surface area contributed by atoms with Crippen LogP contribution in [0.15, 0.2) is 24.3 Å². The summed E-state index contributed by atoms with van der Waals surface area (Å²) in [5.41, 5.74) is 6.40. The van der Waals surface area contributed by atoms with Gasteiger partial charge < -0.3 is 10.5 Å². The molecule has 0 spiro atoms. The molecule has 2 heteroatoms. The molecule has 0 amide bonds. The van der Waals surface area contributed by atoms with E-state index in [0.717, 1.165) is 17.9 Å². The zero-order chi connectivity index (χ0) is 11.8. The first-order chi connectivity index (χ1) is 7.72. The summed E-state index contributed by atoms with van der Waals surface area (Å²) in [4.78, 5) is 0. The Morgan fingerprint density at radius 2 is 1.81 bits per heavy atom. The van der Waals surface area contributed by atoms with Crippen molar-refractivity contribution in [2.24, 2.45) is 0 Å². The Balaban J connectivity index is 2.23. The normalized spacial score (nSPS) is 12.4. The van der Waals surface area contributed by atoms with E-state index >= 15 is 0 Å². The molecule has 0 aliphatic heterocycles. The summed E-state index contributed by atoms with van der Waals surface area (Å²) in [6.45, 7) is 4.36. The second kappa shape index (κ2) is 7.15. The lowest BCUT2D eigenvalue weighted by atomic mass is 10.1. The summed E-state index contributed by atoms with van der Waals surface area (Å²) in [5.74, 6) is 0.914. The van der Waals surface area contributed by atoms with Crippen molar-refractivity contribution in [2.45, 2.75) is 52.1 Å². The SMILES string of the molecule is CCCCCC[C@@H](C)Oc1ccc(N)cc1.